The fraction of sp³-hybridized carbons (Fsp3) is 0.200. The first kappa shape index (κ1) is 12.5. The fourth-order valence-corrected chi connectivity index (χ4v) is 3.41. The van der Waals surface area contributed by atoms with Crippen LogP contribution in [0.15, 0.2) is 48.5 Å². The number of aryl methyl sites for hydroxylation is 2. The Morgan fingerprint density at radius 3 is 2.29 bits per heavy atom. The molecule has 0 aliphatic carbocycles. The van der Waals surface area contributed by atoms with E-state index < -0.39 is 0 Å². The Morgan fingerprint density at radius 2 is 1.48 bits per heavy atom. The first-order chi connectivity index (χ1) is 10.2. The van der Waals surface area contributed by atoms with Crippen LogP contribution in [0, 0.1) is 13.8 Å². The van der Waals surface area contributed by atoms with Crippen molar-refractivity contribution >= 4 is 16.5 Å². The van der Waals surface area contributed by atoms with Gasteiger partial charge in [0, 0.05) is 12.2 Å². The summed E-state index contributed by atoms with van der Waals surface area (Å²) in [6.45, 7) is 5.50. The van der Waals surface area contributed by atoms with Gasteiger partial charge in [-0.3, -0.25) is 0 Å². The molecule has 3 aromatic carbocycles. The highest BCUT2D eigenvalue weighted by Crippen LogP contribution is 2.35. The molecule has 1 N–H and O–H groups in total. The molecule has 1 heteroatoms. The van der Waals surface area contributed by atoms with Crippen LogP contribution < -0.4 is 5.32 Å². The zero-order valence-electron chi connectivity index (χ0n) is 12.5. The second kappa shape index (κ2) is 4.63. The van der Waals surface area contributed by atoms with E-state index in [1.54, 1.807) is 0 Å². The summed E-state index contributed by atoms with van der Waals surface area (Å²) >= 11 is 0. The number of benzene rings is 3. The van der Waals surface area contributed by atoms with Crippen molar-refractivity contribution in [2.24, 2.45) is 0 Å². The Hall–Kier alpha value is -2.28. The van der Waals surface area contributed by atoms with E-state index in [4.69, 9.17) is 0 Å². The molecule has 1 heterocycles. The summed E-state index contributed by atoms with van der Waals surface area (Å²) in [5, 5.41) is 6.12. The van der Waals surface area contributed by atoms with Gasteiger partial charge in [0.2, 0.25) is 0 Å². The maximum atomic E-state index is 3.49. The predicted octanol–water partition coefficient (Wildman–Crippen LogP) is 5.09. The number of hydrogen-bond acceptors (Lipinski definition) is 1. The van der Waals surface area contributed by atoms with Crippen LogP contribution in [0.2, 0.25) is 0 Å². The van der Waals surface area contributed by atoms with Crippen LogP contribution in [0.25, 0.3) is 21.9 Å². The number of fused-ring (bicyclic) bond motifs is 2. The van der Waals surface area contributed by atoms with Gasteiger partial charge in [-0.2, -0.15) is 0 Å². The molecule has 0 saturated carbocycles. The Morgan fingerprint density at radius 1 is 0.810 bits per heavy atom. The van der Waals surface area contributed by atoms with Crippen LogP contribution >= 0.6 is 0 Å². The Bertz CT molecular complexity index is 846. The van der Waals surface area contributed by atoms with E-state index in [1.165, 1.54) is 44.3 Å². The summed E-state index contributed by atoms with van der Waals surface area (Å²) in [4.78, 5) is 0. The molecule has 0 atom stereocenters. The second-order valence-electron chi connectivity index (χ2n) is 6.02. The molecule has 0 spiro atoms. The maximum Gasteiger partial charge on any atom is 0.0379 e. The normalized spacial score (nSPS) is 13.2. The first-order valence-corrected chi connectivity index (χ1v) is 7.59. The molecule has 104 valence electrons. The molecular formula is C20H19N. The van der Waals surface area contributed by atoms with Crippen molar-refractivity contribution in [3.8, 4) is 11.1 Å². The van der Waals surface area contributed by atoms with Crippen LogP contribution in [-0.2, 0) is 6.42 Å². The average molecular weight is 273 g/mol. The second-order valence-corrected chi connectivity index (χ2v) is 6.02. The van der Waals surface area contributed by atoms with Crippen molar-refractivity contribution in [2.45, 2.75) is 20.3 Å². The van der Waals surface area contributed by atoms with Gasteiger partial charge >= 0.3 is 0 Å². The number of anilines is 1. The molecular weight excluding hydrogens is 254 g/mol. The van der Waals surface area contributed by atoms with Crippen molar-refractivity contribution < 1.29 is 0 Å². The van der Waals surface area contributed by atoms with E-state index in [9.17, 15) is 0 Å². The van der Waals surface area contributed by atoms with Crippen molar-refractivity contribution in [3.05, 3.63) is 65.2 Å². The van der Waals surface area contributed by atoms with Gasteiger partial charge in [0.25, 0.3) is 0 Å². The number of nitrogens with one attached hydrogen (secondary N) is 1. The lowest BCUT2D eigenvalue weighted by molar-refractivity contribution is 1.10. The third kappa shape index (κ3) is 2.01. The minimum atomic E-state index is 1.06. The van der Waals surface area contributed by atoms with Gasteiger partial charge in [-0.05, 0) is 71.0 Å². The topological polar surface area (TPSA) is 12.0 Å². The maximum absolute atomic E-state index is 3.49. The highest BCUT2D eigenvalue weighted by Gasteiger charge is 2.14. The minimum absolute atomic E-state index is 1.06. The molecule has 0 fully saturated rings. The van der Waals surface area contributed by atoms with Crippen LogP contribution in [0.5, 0.6) is 0 Å². The van der Waals surface area contributed by atoms with Gasteiger partial charge in [-0.25, -0.2) is 0 Å². The van der Waals surface area contributed by atoms with Crippen molar-refractivity contribution in [1.82, 2.24) is 0 Å². The lowest BCUT2D eigenvalue weighted by atomic mass is 9.92. The molecule has 21 heavy (non-hydrogen) atoms. The molecule has 0 aromatic heterocycles. The van der Waals surface area contributed by atoms with Crippen LogP contribution in [-0.4, -0.2) is 6.54 Å². The number of hydrogen-bond donors (Lipinski definition) is 1. The molecule has 1 aliphatic rings. The molecule has 3 aromatic rings. The number of rotatable bonds is 1. The molecule has 0 unspecified atom stereocenters. The summed E-state index contributed by atoms with van der Waals surface area (Å²) in [6, 6.07) is 17.9. The van der Waals surface area contributed by atoms with Crippen LogP contribution in [0.3, 0.4) is 0 Å². The summed E-state index contributed by atoms with van der Waals surface area (Å²) in [7, 11) is 0. The highest BCUT2D eigenvalue weighted by molar-refractivity contribution is 5.90. The van der Waals surface area contributed by atoms with E-state index in [1.807, 2.05) is 0 Å². The van der Waals surface area contributed by atoms with Gasteiger partial charge in [0.05, 0.1) is 0 Å². The first-order valence-electron chi connectivity index (χ1n) is 7.59. The third-order valence-corrected chi connectivity index (χ3v) is 4.54. The Labute approximate surface area is 125 Å². The fourth-order valence-electron chi connectivity index (χ4n) is 3.41. The van der Waals surface area contributed by atoms with Gasteiger partial charge in [-0.15, -0.1) is 0 Å². The van der Waals surface area contributed by atoms with E-state index in [-0.39, 0.29) is 0 Å². The minimum Gasteiger partial charge on any atom is -0.384 e. The van der Waals surface area contributed by atoms with Gasteiger partial charge in [0.15, 0.2) is 0 Å². The average Bonchev–Trinajstić information content (AvgIpc) is 2.93. The molecule has 1 nitrogen and oxygen atoms in total. The largest absolute Gasteiger partial charge is 0.384 e. The summed E-state index contributed by atoms with van der Waals surface area (Å²) < 4.78 is 0. The lowest BCUT2D eigenvalue weighted by Gasteiger charge is -2.13. The van der Waals surface area contributed by atoms with Gasteiger partial charge in [0.1, 0.15) is 0 Å². The third-order valence-electron chi connectivity index (χ3n) is 4.54. The van der Waals surface area contributed by atoms with Crippen LogP contribution in [0.4, 0.5) is 5.69 Å². The quantitative estimate of drug-likeness (QED) is 0.651. The van der Waals surface area contributed by atoms with Gasteiger partial charge in [-0.1, -0.05) is 36.4 Å². The Kier molecular flexibility index (Phi) is 2.75. The standard InChI is InChI=1S/C20H19N/c1-13-9-15-5-3-4-6-16(15)11-18(13)19-12-20-17(7-8-21-20)10-14(19)2/h3-6,9-12,21H,7-8H2,1-2H3. The smallest absolute Gasteiger partial charge is 0.0379 e. The molecule has 0 radical (unpaired) electrons. The van der Waals surface area contributed by atoms with Crippen molar-refractivity contribution in [3.63, 3.8) is 0 Å². The molecule has 1 aliphatic heterocycles. The SMILES string of the molecule is Cc1cc2c(cc1-c1cc3ccccc3cc1C)NCC2. The lowest BCUT2D eigenvalue weighted by Crippen LogP contribution is -1.92. The zero-order chi connectivity index (χ0) is 14.4. The monoisotopic (exact) mass is 273 g/mol. The predicted molar refractivity (Wildman–Crippen MR) is 91.1 cm³/mol. The summed E-state index contributed by atoms with van der Waals surface area (Å²) in [5.41, 5.74) is 8.18. The van der Waals surface area contributed by atoms with Gasteiger partial charge < -0.3 is 5.32 Å². The van der Waals surface area contributed by atoms with E-state index in [0.717, 1.165) is 13.0 Å². The van der Waals surface area contributed by atoms with Crippen LogP contribution in [0.1, 0.15) is 16.7 Å². The van der Waals surface area contributed by atoms with Crippen molar-refractivity contribution in [1.29, 1.82) is 0 Å². The summed E-state index contributed by atoms with van der Waals surface area (Å²) in [6.07, 6.45) is 1.15. The highest BCUT2D eigenvalue weighted by atomic mass is 14.9. The Balaban J connectivity index is 1.96. The summed E-state index contributed by atoms with van der Waals surface area (Å²) in [5.74, 6) is 0. The molecule has 0 saturated heterocycles. The van der Waals surface area contributed by atoms with E-state index in [2.05, 4.69) is 67.7 Å². The molecule has 4 rings (SSSR count). The van der Waals surface area contributed by atoms with E-state index in [0.29, 0.717) is 0 Å². The molecule has 0 bridgehead atoms. The van der Waals surface area contributed by atoms with E-state index >= 15 is 0 Å². The zero-order valence-corrected chi connectivity index (χ0v) is 12.5. The van der Waals surface area contributed by atoms with Crippen molar-refractivity contribution in [2.75, 3.05) is 11.9 Å². The molecule has 0 amide bonds.